The minimum atomic E-state index is -0.543. The van der Waals surface area contributed by atoms with E-state index in [9.17, 15) is 19.3 Å². The molecule has 0 fully saturated rings. The summed E-state index contributed by atoms with van der Waals surface area (Å²) >= 11 is 1.14. The molecule has 1 amide bonds. The lowest BCUT2D eigenvalue weighted by Crippen LogP contribution is -2.36. The topological polar surface area (TPSA) is 75.5 Å². The van der Waals surface area contributed by atoms with Gasteiger partial charge in [0.05, 0.1) is 9.82 Å². The molecule has 0 bridgehead atoms. The third-order valence-electron chi connectivity index (χ3n) is 2.78. The lowest BCUT2D eigenvalue weighted by atomic mass is 10.2. The predicted octanol–water partition coefficient (Wildman–Crippen LogP) is 3.09. The first kappa shape index (κ1) is 16.9. The van der Waals surface area contributed by atoms with Crippen LogP contribution in [0, 0.1) is 15.9 Å². The quantitative estimate of drug-likeness (QED) is 0.671. The van der Waals surface area contributed by atoms with Crippen LogP contribution in [-0.2, 0) is 0 Å². The van der Waals surface area contributed by atoms with E-state index in [0.717, 1.165) is 11.8 Å². The van der Waals surface area contributed by atoms with Crippen molar-refractivity contribution in [3.8, 4) is 0 Å². The van der Waals surface area contributed by atoms with Gasteiger partial charge in [0.25, 0.3) is 11.6 Å². The number of nitro benzene ring substituents is 1. The van der Waals surface area contributed by atoms with E-state index in [1.165, 1.54) is 47.5 Å². The zero-order chi connectivity index (χ0) is 17.0. The van der Waals surface area contributed by atoms with Gasteiger partial charge in [-0.15, -0.1) is 0 Å². The Labute approximate surface area is 136 Å². The average molecular weight is 335 g/mol. The molecule has 0 saturated carbocycles. The van der Waals surface area contributed by atoms with Crippen LogP contribution in [0.25, 0.3) is 0 Å². The molecule has 6 nitrogen and oxygen atoms in total. The van der Waals surface area contributed by atoms with Gasteiger partial charge in [0, 0.05) is 30.6 Å². The number of carbonyl (C=O) groups is 1. The van der Waals surface area contributed by atoms with Gasteiger partial charge in [0.1, 0.15) is 5.82 Å². The maximum absolute atomic E-state index is 12.9. The highest BCUT2D eigenvalue weighted by molar-refractivity contribution is 7.99. The number of hydrazine groups is 1. The zero-order valence-corrected chi connectivity index (χ0v) is 13.3. The van der Waals surface area contributed by atoms with Gasteiger partial charge in [-0.1, -0.05) is 11.8 Å². The summed E-state index contributed by atoms with van der Waals surface area (Å²) in [6, 6.07) is 9.89. The molecule has 2 aromatic carbocycles. The molecular weight excluding hydrogens is 321 g/mol. The molecule has 2 aromatic rings. The van der Waals surface area contributed by atoms with E-state index in [1.807, 2.05) is 0 Å². The van der Waals surface area contributed by atoms with E-state index in [2.05, 4.69) is 5.43 Å². The van der Waals surface area contributed by atoms with E-state index < -0.39 is 10.8 Å². The molecular formula is C15H14FN3O3S. The lowest BCUT2D eigenvalue weighted by Gasteiger charge is -2.12. The van der Waals surface area contributed by atoms with Crippen molar-refractivity contribution in [1.82, 2.24) is 10.4 Å². The minimum absolute atomic E-state index is 0.175. The Bertz CT molecular complexity index is 735. The summed E-state index contributed by atoms with van der Waals surface area (Å²) in [5, 5.41) is 12.7. The van der Waals surface area contributed by atoms with Crippen molar-refractivity contribution in [2.24, 2.45) is 0 Å². The highest BCUT2D eigenvalue weighted by atomic mass is 32.2. The Balaban J connectivity index is 2.31. The lowest BCUT2D eigenvalue weighted by molar-refractivity contribution is -0.387. The third-order valence-corrected chi connectivity index (χ3v) is 3.86. The van der Waals surface area contributed by atoms with Crippen molar-refractivity contribution in [2.45, 2.75) is 9.79 Å². The fourth-order valence-electron chi connectivity index (χ4n) is 1.78. The molecule has 0 saturated heterocycles. The van der Waals surface area contributed by atoms with E-state index >= 15 is 0 Å². The van der Waals surface area contributed by atoms with Crippen LogP contribution in [0.15, 0.2) is 52.3 Å². The highest BCUT2D eigenvalue weighted by Gasteiger charge is 2.18. The Hall–Kier alpha value is -2.45. The van der Waals surface area contributed by atoms with Crippen LogP contribution in [0.4, 0.5) is 10.1 Å². The van der Waals surface area contributed by atoms with E-state index in [-0.39, 0.29) is 17.1 Å². The zero-order valence-electron chi connectivity index (χ0n) is 12.4. The number of amides is 1. The molecule has 23 heavy (non-hydrogen) atoms. The minimum Gasteiger partial charge on any atom is -0.285 e. The highest BCUT2D eigenvalue weighted by Crippen LogP contribution is 2.35. The number of hydrogen-bond acceptors (Lipinski definition) is 5. The summed E-state index contributed by atoms with van der Waals surface area (Å²) in [7, 11) is 3.29. The number of nitrogens with zero attached hydrogens (tertiary/aromatic N) is 2. The molecule has 0 heterocycles. The summed E-state index contributed by atoms with van der Waals surface area (Å²) in [6.07, 6.45) is 0. The Kier molecular flexibility index (Phi) is 5.30. The summed E-state index contributed by atoms with van der Waals surface area (Å²) in [5.74, 6) is -0.809. The normalized spacial score (nSPS) is 10.6. The van der Waals surface area contributed by atoms with Crippen LogP contribution in [0.5, 0.6) is 0 Å². The first-order valence-electron chi connectivity index (χ1n) is 6.57. The number of nitro groups is 1. The third kappa shape index (κ3) is 4.51. The van der Waals surface area contributed by atoms with Crippen LogP contribution in [0.1, 0.15) is 10.4 Å². The van der Waals surface area contributed by atoms with Crippen molar-refractivity contribution in [1.29, 1.82) is 0 Å². The second-order valence-electron chi connectivity index (χ2n) is 4.83. The van der Waals surface area contributed by atoms with Crippen molar-refractivity contribution < 1.29 is 14.1 Å². The van der Waals surface area contributed by atoms with E-state index in [4.69, 9.17) is 0 Å². The molecule has 0 unspecified atom stereocenters. The molecule has 1 N–H and O–H groups in total. The van der Waals surface area contributed by atoms with Gasteiger partial charge < -0.3 is 0 Å². The molecule has 0 spiro atoms. The number of nitrogens with one attached hydrogen (secondary N) is 1. The van der Waals surface area contributed by atoms with Crippen molar-refractivity contribution in [3.63, 3.8) is 0 Å². The average Bonchev–Trinajstić information content (AvgIpc) is 2.49. The maximum Gasteiger partial charge on any atom is 0.284 e. The number of hydrogen-bond donors (Lipinski definition) is 1. The maximum atomic E-state index is 12.9. The Morgan fingerprint density at radius 3 is 2.43 bits per heavy atom. The standard InChI is InChI=1S/C15H14FN3O3S/c1-18(2)17-15(20)10-3-8-14(13(9-10)19(21)22)23-12-6-4-11(16)5-7-12/h3-9H,1-2H3,(H,17,20). The van der Waals surface area contributed by atoms with Crippen LogP contribution >= 0.6 is 11.8 Å². The monoisotopic (exact) mass is 335 g/mol. The van der Waals surface area contributed by atoms with Crippen LogP contribution in [-0.4, -0.2) is 29.9 Å². The molecule has 0 radical (unpaired) electrons. The first-order valence-corrected chi connectivity index (χ1v) is 7.38. The number of benzene rings is 2. The smallest absolute Gasteiger partial charge is 0.284 e. The summed E-state index contributed by atoms with van der Waals surface area (Å²) < 4.78 is 12.9. The van der Waals surface area contributed by atoms with Gasteiger partial charge in [0.15, 0.2) is 0 Å². The Morgan fingerprint density at radius 1 is 1.22 bits per heavy atom. The van der Waals surface area contributed by atoms with Crippen LogP contribution in [0.2, 0.25) is 0 Å². The van der Waals surface area contributed by atoms with Gasteiger partial charge in [-0.2, -0.15) is 0 Å². The largest absolute Gasteiger partial charge is 0.285 e. The van der Waals surface area contributed by atoms with E-state index in [1.54, 1.807) is 14.1 Å². The Morgan fingerprint density at radius 2 is 1.87 bits per heavy atom. The molecule has 8 heteroatoms. The van der Waals surface area contributed by atoms with Crippen molar-refractivity contribution >= 4 is 23.4 Å². The summed E-state index contributed by atoms with van der Waals surface area (Å²) in [6.45, 7) is 0. The molecule has 0 aliphatic carbocycles. The van der Waals surface area contributed by atoms with Crippen LogP contribution < -0.4 is 5.43 Å². The molecule has 0 aliphatic heterocycles. The molecule has 0 atom stereocenters. The van der Waals surface area contributed by atoms with Gasteiger partial charge >= 0.3 is 0 Å². The number of carbonyl (C=O) groups excluding carboxylic acids is 1. The molecule has 0 aliphatic rings. The fourth-order valence-corrected chi connectivity index (χ4v) is 2.69. The summed E-state index contributed by atoms with van der Waals surface area (Å²) in [5.41, 5.74) is 2.54. The number of rotatable bonds is 5. The van der Waals surface area contributed by atoms with Crippen molar-refractivity contribution in [3.05, 3.63) is 64.0 Å². The predicted molar refractivity (Wildman–Crippen MR) is 84.8 cm³/mol. The molecule has 2 rings (SSSR count). The molecule has 120 valence electrons. The first-order chi connectivity index (χ1) is 10.9. The van der Waals surface area contributed by atoms with Crippen LogP contribution in [0.3, 0.4) is 0 Å². The second kappa shape index (κ2) is 7.21. The summed E-state index contributed by atoms with van der Waals surface area (Å²) in [4.78, 5) is 23.7. The van der Waals surface area contributed by atoms with Crippen molar-refractivity contribution in [2.75, 3.05) is 14.1 Å². The fraction of sp³-hybridized carbons (Fsp3) is 0.133. The second-order valence-corrected chi connectivity index (χ2v) is 5.95. The molecule has 0 aromatic heterocycles. The van der Waals surface area contributed by atoms with Gasteiger partial charge in [0.2, 0.25) is 0 Å². The number of halogens is 1. The SMILES string of the molecule is CN(C)NC(=O)c1ccc(Sc2ccc(F)cc2)c([N+](=O)[O-])c1. The van der Waals surface area contributed by atoms with Gasteiger partial charge in [-0.3, -0.25) is 20.3 Å². The van der Waals surface area contributed by atoms with Gasteiger partial charge in [-0.25, -0.2) is 9.40 Å². The van der Waals surface area contributed by atoms with E-state index in [0.29, 0.717) is 9.79 Å². The van der Waals surface area contributed by atoms with Gasteiger partial charge in [-0.05, 0) is 36.4 Å².